The molecule has 1 aliphatic rings. The lowest BCUT2D eigenvalue weighted by atomic mass is 9.88. The van der Waals surface area contributed by atoms with Crippen LogP contribution in [0.5, 0.6) is 0 Å². The third-order valence-corrected chi connectivity index (χ3v) is 3.63. The Balaban J connectivity index is 2.05. The third kappa shape index (κ3) is 2.45. The van der Waals surface area contributed by atoms with Gasteiger partial charge in [-0.15, -0.1) is 0 Å². The van der Waals surface area contributed by atoms with Crippen molar-refractivity contribution in [3.63, 3.8) is 0 Å². The van der Waals surface area contributed by atoms with E-state index in [2.05, 4.69) is 10.6 Å². The van der Waals surface area contributed by atoms with Crippen LogP contribution in [0.25, 0.3) is 0 Å². The predicted molar refractivity (Wildman–Crippen MR) is 79.7 cm³/mol. The zero-order valence-electron chi connectivity index (χ0n) is 11.2. The maximum Gasteiger partial charge on any atom is 0.312 e. The number of fused-ring (bicyclic) bond motifs is 1. The number of urea groups is 1. The molecule has 2 atom stereocenters. The van der Waals surface area contributed by atoms with E-state index in [4.69, 9.17) is 5.73 Å². The average Bonchev–Trinajstić information content (AvgIpc) is 2.81. The Morgan fingerprint density at radius 2 is 1.76 bits per heavy atom. The zero-order valence-corrected chi connectivity index (χ0v) is 11.2. The van der Waals surface area contributed by atoms with Crippen molar-refractivity contribution in [2.24, 2.45) is 5.73 Å². The second kappa shape index (κ2) is 5.28. The van der Waals surface area contributed by atoms with Crippen LogP contribution in [0.1, 0.15) is 23.1 Å². The number of hydrogen-bond donors (Lipinski definition) is 3. The predicted octanol–water partition coefficient (Wildman–Crippen LogP) is 2.13. The Hall–Kier alpha value is -2.82. The molecule has 2 aromatic carbocycles. The molecule has 0 aliphatic carbocycles. The molecular weight excluding hydrogens is 266 g/mol. The molecule has 4 N–H and O–H groups in total. The van der Waals surface area contributed by atoms with Gasteiger partial charge in [-0.25, -0.2) is 4.79 Å². The Kier molecular flexibility index (Phi) is 3.31. The first-order chi connectivity index (χ1) is 10.2. The molecule has 21 heavy (non-hydrogen) atoms. The first kappa shape index (κ1) is 13.2. The largest absolute Gasteiger partial charge is 0.352 e. The van der Waals surface area contributed by atoms with E-state index < -0.39 is 18.0 Å². The molecule has 5 heteroatoms. The maximum absolute atomic E-state index is 12.3. The van der Waals surface area contributed by atoms with Gasteiger partial charge in [0.05, 0.1) is 12.0 Å². The second-order valence-electron chi connectivity index (χ2n) is 4.95. The van der Waals surface area contributed by atoms with Crippen molar-refractivity contribution in [1.82, 2.24) is 5.32 Å². The van der Waals surface area contributed by atoms with Crippen LogP contribution in [-0.4, -0.2) is 11.9 Å². The van der Waals surface area contributed by atoms with E-state index in [0.29, 0.717) is 0 Å². The summed E-state index contributed by atoms with van der Waals surface area (Å²) in [5.41, 5.74) is 7.77. The Morgan fingerprint density at radius 1 is 1.10 bits per heavy atom. The Labute approximate surface area is 122 Å². The summed E-state index contributed by atoms with van der Waals surface area (Å²) in [6.07, 6.45) is 0. The van der Waals surface area contributed by atoms with Crippen LogP contribution in [0.3, 0.4) is 0 Å². The molecule has 0 fully saturated rings. The molecule has 3 amide bonds. The molecule has 2 aromatic rings. The van der Waals surface area contributed by atoms with Crippen LogP contribution in [0.2, 0.25) is 0 Å². The molecule has 2 unspecified atom stereocenters. The van der Waals surface area contributed by atoms with E-state index in [0.717, 1.165) is 16.8 Å². The van der Waals surface area contributed by atoms with E-state index in [-0.39, 0.29) is 5.91 Å². The van der Waals surface area contributed by atoms with Gasteiger partial charge in [0.1, 0.15) is 0 Å². The smallest absolute Gasteiger partial charge is 0.312 e. The first-order valence-corrected chi connectivity index (χ1v) is 6.67. The summed E-state index contributed by atoms with van der Waals surface area (Å²) >= 11 is 0. The number of nitrogens with one attached hydrogen (secondary N) is 2. The van der Waals surface area contributed by atoms with Crippen molar-refractivity contribution >= 4 is 17.6 Å². The number of nitrogens with two attached hydrogens (primary N) is 1. The van der Waals surface area contributed by atoms with E-state index in [9.17, 15) is 9.59 Å². The molecule has 1 aliphatic heterocycles. The quantitative estimate of drug-likeness (QED) is 0.805. The maximum atomic E-state index is 12.3. The van der Waals surface area contributed by atoms with Crippen molar-refractivity contribution < 1.29 is 9.59 Å². The highest BCUT2D eigenvalue weighted by atomic mass is 16.2. The van der Waals surface area contributed by atoms with Crippen LogP contribution in [0.15, 0.2) is 54.6 Å². The number of primary amides is 1. The summed E-state index contributed by atoms with van der Waals surface area (Å²) in [4.78, 5) is 23.7. The van der Waals surface area contributed by atoms with Gasteiger partial charge in [0.2, 0.25) is 5.91 Å². The van der Waals surface area contributed by atoms with Crippen molar-refractivity contribution in [2.75, 3.05) is 5.32 Å². The fourth-order valence-electron chi connectivity index (χ4n) is 2.74. The molecular formula is C16H15N3O2. The summed E-state index contributed by atoms with van der Waals surface area (Å²) in [7, 11) is 0. The van der Waals surface area contributed by atoms with Crippen LogP contribution in [-0.2, 0) is 4.79 Å². The fourth-order valence-corrected chi connectivity index (χ4v) is 2.74. The average molecular weight is 281 g/mol. The summed E-state index contributed by atoms with van der Waals surface area (Å²) in [6.45, 7) is 0. The van der Waals surface area contributed by atoms with Crippen LogP contribution in [0.4, 0.5) is 10.5 Å². The van der Waals surface area contributed by atoms with Gasteiger partial charge in [-0.3, -0.25) is 4.79 Å². The minimum absolute atomic E-state index is 0.140. The third-order valence-electron chi connectivity index (χ3n) is 3.63. The van der Waals surface area contributed by atoms with E-state index in [1.165, 1.54) is 0 Å². The SMILES string of the molecule is NC(=O)NC(c1ccccc1)C1C(=O)Nc2ccccc21. The number of hydrogen-bond acceptors (Lipinski definition) is 2. The van der Waals surface area contributed by atoms with Crippen molar-refractivity contribution in [3.8, 4) is 0 Å². The molecule has 1 heterocycles. The number of benzene rings is 2. The summed E-state index contributed by atoms with van der Waals surface area (Å²) in [5, 5.41) is 5.53. The topological polar surface area (TPSA) is 84.2 Å². The molecule has 3 rings (SSSR count). The van der Waals surface area contributed by atoms with Gasteiger partial charge in [0, 0.05) is 5.69 Å². The minimum atomic E-state index is -0.652. The Morgan fingerprint density at radius 3 is 2.48 bits per heavy atom. The molecule has 0 spiro atoms. The van der Waals surface area contributed by atoms with E-state index in [1.807, 2.05) is 54.6 Å². The normalized spacial score (nSPS) is 17.7. The molecule has 0 saturated heterocycles. The highest BCUT2D eigenvalue weighted by Crippen LogP contribution is 2.40. The van der Waals surface area contributed by atoms with Crippen molar-refractivity contribution in [1.29, 1.82) is 0 Å². The van der Waals surface area contributed by atoms with E-state index >= 15 is 0 Å². The lowest BCUT2D eigenvalue weighted by Crippen LogP contribution is -2.38. The molecule has 0 saturated carbocycles. The number of rotatable bonds is 3. The Bertz CT molecular complexity index is 685. The molecule has 0 aromatic heterocycles. The number of carbonyl (C=O) groups is 2. The standard InChI is InChI=1S/C16H15N3O2/c17-16(21)19-14(10-6-2-1-3-7-10)13-11-8-4-5-9-12(11)18-15(13)20/h1-9,13-14H,(H,18,20)(H3,17,19,21). The zero-order chi connectivity index (χ0) is 14.8. The second-order valence-corrected chi connectivity index (χ2v) is 4.95. The molecule has 5 nitrogen and oxygen atoms in total. The molecule has 106 valence electrons. The molecule has 0 radical (unpaired) electrons. The highest BCUT2D eigenvalue weighted by Gasteiger charge is 2.38. The van der Waals surface area contributed by atoms with Crippen LogP contribution in [0, 0.1) is 0 Å². The van der Waals surface area contributed by atoms with Crippen molar-refractivity contribution in [3.05, 3.63) is 65.7 Å². The highest BCUT2D eigenvalue weighted by molar-refractivity contribution is 6.03. The van der Waals surface area contributed by atoms with Gasteiger partial charge in [0.25, 0.3) is 0 Å². The van der Waals surface area contributed by atoms with Gasteiger partial charge in [-0.05, 0) is 17.2 Å². The number of carbonyl (C=O) groups excluding carboxylic acids is 2. The first-order valence-electron chi connectivity index (χ1n) is 6.67. The van der Waals surface area contributed by atoms with Gasteiger partial charge in [-0.2, -0.15) is 0 Å². The summed E-state index contributed by atoms with van der Waals surface area (Å²) < 4.78 is 0. The van der Waals surface area contributed by atoms with Gasteiger partial charge < -0.3 is 16.4 Å². The van der Waals surface area contributed by atoms with Gasteiger partial charge >= 0.3 is 6.03 Å². The fraction of sp³-hybridized carbons (Fsp3) is 0.125. The molecule has 0 bridgehead atoms. The monoisotopic (exact) mass is 281 g/mol. The number of anilines is 1. The summed E-state index contributed by atoms with van der Waals surface area (Å²) in [5.74, 6) is -0.630. The van der Waals surface area contributed by atoms with E-state index in [1.54, 1.807) is 0 Å². The summed E-state index contributed by atoms with van der Waals surface area (Å²) in [6, 6.07) is 15.7. The van der Waals surface area contributed by atoms with Crippen LogP contribution < -0.4 is 16.4 Å². The number of para-hydroxylation sites is 1. The van der Waals surface area contributed by atoms with Gasteiger partial charge in [-0.1, -0.05) is 48.5 Å². The van der Waals surface area contributed by atoms with Crippen LogP contribution >= 0.6 is 0 Å². The lowest BCUT2D eigenvalue weighted by Gasteiger charge is -2.23. The lowest BCUT2D eigenvalue weighted by molar-refractivity contribution is -0.117. The van der Waals surface area contributed by atoms with Crippen molar-refractivity contribution in [2.45, 2.75) is 12.0 Å². The minimum Gasteiger partial charge on any atom is -0.352 e. The van der Waals surface area contributed by atoms with Gasteiger partial charge in [0.15, 0.2) is 0 Å². The number of amides is 3.